The fraction of sp³-hybridized carbons (Fsp3) is 0.346. The summed E-state index contributed by atoms with van der Waals surface area (Å²) in [6.07, 6.45) is 1.66. The van der Waals surface area contributed by atoms with E-state index in [1.807, 2.05) is 28.9 Å². The highest BCUT2D eigenvalue weighted by atomic mass is 16.5. The molecule has 3 heterocycles. The minimum Gasteiger partial charge on any atom is -0.493 e. The van der Waals surface area contributed by atoms with E-state index in [-0.39, 0.29) is 6.04 Å². The van der Waals surface area contributed by atoms with Gasteiger partial charge in [-0.1, -0.05) is 36.4 Å². The third-order valence-electron chi connectivity index (χ3n) is 6.43. The largest absolute Gasteiger partial charge is 0.493 e. The van der Waals surface area contributed by atoms with E-state index < -0.39 is 0 Å². The summed E-state index contributed by atoms with van der Waals surface area (Å²) >= 11 is 0. The van der Waals surface area contributed by atoms with Crippen molar-refractivity contribution in [1.29, 1.82) is 0 Å². The van der Waals surface area contributed by atoms with E-state index in [4.69, 9.17) is 13.9 Å². The Hall–Kier alpha value is -3.69. The van der Waals surface area contributed by atoms with Crippen LogP contribution in [0.1, 0.15) is 28.8 Å². The first kappa shape index (κ1) is 23.1. The summed E-state index contributed by atoms with van der Waals surface area (Å²) in [7, 11) is 3.30. The molecule has 0 bridgehead atoms. The van der Waals surface area contributed by atoms with Crippen molar-refractivity contribution in [3.8, 4) is 11.5 Å². The molecule has 9 nitrogen and oxygen atoms in total. The molecule has 4 aromatic rings. The van der Waals surface area contributed by atoms with Crippen LogP contribution >= 0.6 is 0 Å². The van der Waals surface area contributed by atoms with Gasteiger partial charge >= 0.3 is 0 Å². The zero-order valence-electron chi connectivity index (χ0n) is 20.1. The van der Waals surface area contributed by atoms with Gasteiger partial charge in [-0.05, 0) is 45.8 Å². The minimum atomic E-state index is -0.140. The Morgan fingerprint density at radius 3 is 2.40 bits per heavy atom. The summed E-state index contributed by atoms with van der Waals surface area (Å²) in [5.74, 6) is 2.95. The molecular weight excluding hydrogens is 444 g/mol. The number of methoxy groups -OCH3 is 2. The predicted octanol–water partition coefficient (Wildman–Crippen LogP) is 3.24. The Balaban J connectivity index is 1.42. The molecule has 1 saturated heterocycles. The second-order valence-electron chi connectivity index (χ2n) is 8.59. The van der Waals surface area contributed by atoms with E-state index in [1.165, 1.54) is 5.56 Å². The summed E-state index contributed by atoms with van der Waals surface area (Å²) in [5, 5.41) is 12.8. The third-order valence-corrected chi connectivity index (χ3v) is 6.43. The molecule has 0 amide bonds. The van der Waals surface area contributed by atoms with Crippen LogP contribution in [0.25, 0.3) is 0 Å². The van der Waals surface area contributed by atoms with Gasteiger partial charge in [-0.2, -0.15) is 0 Å². The predicted molar refractivity (Wildman–Crippen MR) is 130 cm³/mol. The summed E-state index contributed by atoms with van der Waals surface area (Å²) in [6.45, 7) is 5.11. The maximum absolute atomic E-state index is 5.61. The number of hydrogen-bond donors (Lipinski definition) is 0. The van der Waals surface area contributed by atoms with Gasteiger partial charge in [-0.3, -0.25) is 9.80 Å². The molecule has 0 N–H and O–H groups in total. The van der Waals surface area contributed by atoms with Crippen LogP contribution in [0.5, 0.6) is 11.5 Å². The van der Waals surface area contributed by atoms with Gasteiger partial charge in [0.2, 0.25) is 0 Å². The van der Waals surface area contributed by atoms with E-state index in [9.17, 15) is 0 Å². The van der Waals surface area contributed by atoms with Crippen LogP contribution in [0.2, 0.25) is 0 Å². The standard InChI is InChI=1S/C26H30N6O3/c1-33-23-11-10-21(17-24(23)34-2)25(26-27-28-29-32(26)19-22-9-6-16-35-22)31-14-12-30(13-15-31)18-20-7-4-3-5-8-20/h3-11,16-17,25H,12-15,18-19H2,1-2H3/t25-/m1/s1. The van der Waals surface area contributed by atoms with Crippen LogP contribution in [-0.2, 0) is 13.1 Å². The van der Waals surface area contributed by atoms with Crippen molar-refractivity contribution in [1.82, 2.24) is 30.0 Å². The zero-order valence-corrected chi connectivity index (χ0v) is 20.1. The van der Waals surface area contributed by atoms with E-state index in [2.05, 4.69) is 61.7 Å². The van der Waals surface area contributed by atoms with Crippen molar-refractivity contribution in [2.75, 3.05) is 40.4 Å². The molecular formula is C26H30N6O3. The van der Waals surface area contributed by atoms with E-state index >= 15 is 0 Å². The Labute approximate surface area is 204 Å². The molecule has 0 saturated carbocycles. The molecule has 9 heteroatoms. The topological polar surface area (TPSA) is 81.7 Å². The number of ether oxygens (including phenoxy) is 2. The second-order valence-corrected chi connectivity index (χ2v) is 8.59. The van der Waals surface area contributed by atoms with Crippen molar-refractivity contribution < 1.29 is 13.9 Å². The first-order chi connectivity index (χ1) is 17.2. The number of piperazine rings is 1. The van der Waals surface area contributed by atoms with Crippen molar-refractivity contribution in [2.45, 2.75) is 19.1 Å². The van der Waals surface area contributed by atoms with Gasteiger partial charge in [-0.25, -0.2) is 4.68 Å². The molecule has 1 aliphatic rings. The van der Waals surface area contributed by atoms with Crippen molar-refractivity contribution in [3.05, 3.63) is 89.6 Å². The normalized spacial score (nSPS) is 15.7. The quantitative estimate of drug-likeness (QED) is 0.366. The zero-order chi connectivity index (χ0) is 24.0. The number of benzene rings is 2. The molecule has 1 atom stereocenters. The number of aromatic nitrogens is 4. The molecule has 182 valence electrons. The highest BCUT2D eigenvalue weighted by molar-refractivity contribution is 5.45. The number of nitrogens with zero attached hydrogens (tertiary/aromatic N) is 6. The summed E-state index contributed by atoms with van der Waals surface area (Å²) in [5.41, 5.74) is 2.38. The summed E-state index contributed by atoms with van der Waals surface area (Å²) in [6, 6.07) is 20.3. The van der Waals surface area contributed by atoms with Gasteiger partial charge in [0.1, 0.15) is 12.3 Å². The van der Waals surface area contributed by atoms with Crippen LogP contribution in [0.15, 0.2) is 71.3 Å². The molecule has 1 fully saturated rings. The highest BCUT2D eigenvalue weighted by Crippen LogP contribution is 2.35. The van der Waals surface area contributed by atoms with Crippen LogP contribution in [0.3, 0.4) is 0 Å². The maximum Gasteiger partial charge on any atom is 0.173 e. The fourth-order valence-electron chi connectivity index (χ4n) is 4.64. The maximum atomic E-state index is 5.61. The smallest absolute Gasteiger partial charge is 0.173 e. The van der Waals surface area contributed by atoms with Crippen molar-refractivity contribution in [2.24, 2.45) is 0 Å². The van der Waals surface area contributed by atoms with Crippen LogP contribution in [0, 0.1) is 0 Å². The van der Waals surface area contributed by atoms with Crippen LogP contribution in [0.4, 0.5) is 0 Å². The van der Waals surface area contributed by atoms with E-state index in [0.717, 1.165) is 49.9 Å². The van der Waals surface area contributed by atoms with E-state index in [1.54, 1.807) is 20.5 Å². The molecule has 2 aromatic carbocycles. The first-order valence-electron chi connectivity index (χ1n) is 11.8. The lowest BCUT2D eigenvalue weighted by Crippen LogP contribution is -2.48. The molecule has 0 spiro atoms. The van der Waals surface area contributed by atoms with Crippen LogP contribution in [-0.4, -0.2) is 70.4 Å². The Morgan fingerprint density at radius 2 is 1.69 bits per heavy atom. The average molecular weight is 475 g/mol. The number of hydrogen-bond acceptors (Lipinski definition) is 8. The van der Waals surface area contributed by atoms with Crippen molar-refractivity contribution in [3.63, 3.8) is 0 Å². The lowest BCUT2D eigenvalue weighted by molar-refractivity contribution is 0.100. The molecule has 1 aliphatic heterocycles. The number of furan rings is 1. The molecule has 2 aromatic heterocycles. The Bertz CT molecular complexity index is 1200. The lowest BCUT2D eigenvalue weighted by Gasteiger charge is -2.39. The second kappa shape index (κ2) is 10.7. The molecule has 0 aliphatic carbocycles. The van der Waals surface area contributed by atoms with E-state index in [0.29, 0.717) is 18.0 Å². The summed E-state index contributed by atoms with van der Waals surface area (Å²) in [4.78, 5) is 4.93. The summed E-state index contributed by atoms with van der Waals surface area (Å²) < 4.78 is 18.4. The molecule has 0 radical (unpaired) electrons. The van der Waals surface area contributed by atoms with Gasteiger partial charge in [0.15, 0.2) is 17.3 Å². The Morgan fingerprint density at radius 1 is 0.886 bits per heavy atom. The minimum absolute atomic E-state index is 0.140. The molecule has 5 rings (SSSR count). The SMILES string of the molecule is COc1ccc([C@H](c2nnnn2Cc2ccco2)N2CCN(Cc3ccccc3)CC2)cc1OC. The van der Waals surface area contributed by atoms with Gasteiger partial charge in [-0.15, -0.1) is 5.10 Å². The van der Waals surface area contributed by atoms with Gasteiger partial charge < -0.3 is 13.9 Å². The first-order valence-corrected chi connectivity index (χ1v) is 11.8. The highest BCUT2D eigenvalue weighted by Gasteiger charge is 2.31. The average Bonchev–Trinajstić information content (AvgIpc) is 3.59. The fourth-order valence-corrected chi connectivity index (χ4v) is 4.64. The monoisotopic (exact) mass is 474 g/mol. The lowest BCUT2D eigenvalue weighted by atomic mass is 10.0. The van der Waals surface area contributed by atoms with Crippen molar-refractivity contribution >= 4 is 0 Å². The number of tetrazole rings is 1. The Kier molecular flexibility index (Phi) is 7.06. The van der Waals surface area contributed by atoms with Crippen LogP contribution < -0.4 is 9.47 Å². The third kappa shape index (κ3) is 5.21. The number of rotatable bonds is 9. The molecule has 0 unspecified atom stereocenters. The van der Waals surface area contributed by atoms with Gasteiger partial charge in [0.25, 0.3) is 0 Å². The molecule has 35 heavy (non-hydrogen) atoms. The van der Waals surface area contributed by atoms with Gasteiger partial charge in [0.05, 0.1) is 26.5 Å². The van der Waals surface area contributed by atoms with Gasteiger partial charge in [0, 0.05) is 32.7 Å².